The van der Waals surface area contributed by atoms with Crippen molar-refractivity contribution in [2.45, 2.75) is 6.29 Å². The van der Waals surface area contributed by atoms with Gasteiger partial charge in [-0.3, -0.25) is 4.90 Å². The molecule has 1 aliphatic rings. The predicted octanol–water partition coefficient (Wildman–Crippen LogP) is -0.147. The summed E-state index contributed by atoms with van der Waals surface area (Å²) in [4.78, 5) is 4.71. The second kappa shape index (κ2) is 5.54. The van der Waals surface area contributed by atoms with Crippen LogP contribution in [0.3, 0.4) is 0 Å². The Morgan fingerprint density at radius 1 is 1.08 bits per heavy atom. The molecule has 0 saturated carbocycles. The summed E-state index contributed by atoms with van der Waals surface area (Å²) in [5.41, 5.74) is 0. The number of likely N-dealkylation sites (N-methyl/N-ethyl adjacent to an activating group) is 1. The average molecular weight is 188 g/mol. The molecule has 0 aromatic rings. The topological polar surface area (TPSA) is 24.9 Å². The fourth-order valence-corrected chi connectivity index (χ4v) is 1.49. The SMILES string of the molecule is COC(CN1CCN(C)CC1)OC. The third-order valence-corrected chi connectivity index (χ3v) is 2.53. The van der Waals surface area contributed by atoms with Crippen LogP contribution in [0.1, 0.15) is 0 Å². The van der Waals surface area contributed by atoms with Gasteiger partial charge in [-0.05, 0) is 7.05 Å². The Labute approximate surface area is 80.4 Å². The number of rotatable bonds is 4. The number of methoxy groups -OCH3 is 2. The van der Waals surface area contributed by atoms with E-state index in [1.54, 1.807) is 14.2 Å². The van der Waals surface area contributed by atoms with Gasteiger partial charge in [-0.1, -0.05) is 0 Å². The summed E-state index contributed by atoms with van der Waals surface area (Å²) in [6, 6.07) is 0. The molecule has 13 heavy (non-hydrogen) atoms. The summed E-state index contributed by atoms with van der Waals surface area (Å²) in [7, 11) is 5.52. The fourth-order valence-electron chi connectivity index (χ4n) is 1.49. The molecule has 0 unspecified atom stereocenters. The van der Waals surface area contributed by atoms with Gasteiger partial charge >= 0.3 is 0 Å². The molecule has 0 aromatic heterocycles. The third-order valence-electron chi connectivity index (χ3n) is 2.53. The highest BCUT2D eigenvalue weighted by Gasteiger charge is 2.17. The van der Waals surface area contributed by atoms with Crippen molar-refractivity contribution in [3.05, 3.63) is 0 Å². The first kappa shape index (κ1) is 10.9. The lowest BCUT2D eigenvalue weighted by Crippen LogP contribution is -2.47. The van der Waals surface area contributed by atoms with E-state index in [-0.39, 0.29) is 6.29 Å². The van der Waals surface area contributed by atoms with Gasteiger partial charge in [0.15, 0.2) is 6.29 Å². The van der Waals surface area contributed by atoms with Gasteiger partial charge in [0.2, 0.25) is 0 Å². The number of ether oxygens (including phenoxy) is 2. The van der Waals surface area contributed by atoms with Gasteiger partial charge in [0, 0.05) is 46.9 Å². The highest BCUT2D eigenvalue weighted by atomic mass is 16.7. The summed E-state index contributed by atoms with van der Waals surface area (Å²) >= 11 is 0. The molecule has 78 valence electrons. The zero-order chi connectivity index (χ0) is 9.68. The highest BCUT2D eigenvalue weighted by Crippen LogP contribution is 2.02. The molecule has 0 amide bonds. The minimum absolute atomic E-state index is 0.0802. The predicted molar refractivity (Wildman–Crippen MR) is 51.7 cm³/mol. The third kappa shape index (κ3) is 3.60. The first-order valence-electron chi connectivity index (χ1n) is 4.72. The van der Waals surface area contributed by atoms with Crippen LogP contribution < -0.4 is 0 Å². The van der Waals surface area contributed by atoms with E-state index in [1.165, 1.54) is 0 Å². The molecule has 1 saturated heterocycles. The molecular weight excluding hydrogens is 168 g/mol. The molecule has 1 rings (SSSR count). The summed E-state index contributed by atoms with van der Waals surface area (Å²) in [6.45, 7) is 5.38. The fraction of sp³-hybridized carbons (Fsp3) is 1.00. The Hall–Kier alpha value is -0.160. The van der Waals surface area contributed by atoms with Crippen LogP contribution in [-0.2, 0) is 9.47 Å². The highest BCUT2D eigenvalue weighted by molar-refractivity contribution is 4.69. The van der Waals surface area contributed by atoms with Crippen LogP contribution >= 0.6 is 0 Å². The number of piperazine rings is 1. The van der Waals surface area contributed by atoms with Gasteiger partial charge in [-0.2, -0.15) is 0 Å². The molecule has 1 aliphatic heterocycles. The molecule has 4 heteroatoms. The monoisotopic (exact) mass is 188 g/mol. The molecule has 0 bridgehead atoms. The van der Waals surface area contributed by atoms with Crippen molar-refractivity contribution in [2.24, 2.45) is 0 Å². The van der Waals surface area contributed by atoms with Crippen LogP contribution in [0.5, 0.6) is 0 Å². The normalized spacial score (nSPS) is 21.2. The molecule has 1 heterocycles. The zero-order valence-electron chi connectivity index (χ0n) is 8.82. The lowest BCUT2D eigenvalue weighted by molar-refractivity contribution is -0.119. The van der Waals surface area contributed by atoms with Crippen LogP contribution in [0.15, 0.2) is 0 Å². The van der Waals surface area contributed by atoms with Gasteiger partial charge in [0.1, 0.15) is 0 Å². The molecule has 0 atom stereocenters. The van der Waals surface area contributed by atoms with Crippen molar-refractivity contribution >= 4 is 0 Å². The Morgan fingerprint density at radius 3 is 2.08 bits per heavy atom. The number of nitrogens with zero attached hydrogens (tertiary/aromatic N) is 2. The van der Waals surface area contributed by atoms with Gasteiger partial charge in [-0.15, -0.1) is 0 Å². The molecule has 0 aliphatic carbocycles. The summed E-state index contributed by atoms with van der Waals surface area (Å²) in [5, 5.41) is 0. The minimum atomic E-state index is -0.0802. The largest absolute Gasteiger partial charge is 0.355 e. The second-order valence-electron chi connectivity index (χ2n) is 3.50. The smallest absolute Gasteiger partial charge is 0.169 e. The van der Waals surface area contributed by atoms with Gasteiger partial charge in [0.25, 0.3) is 0 Å². The first-order chi connectivity index (χ1) is 6.26. The number of hydrogen-bond donors (Lipinski definition) is 0. The van der Waals surface area contributed by atoms with Gasteiger partial charge in [0.05, 0.1) is 0 Å². The lowest BCUT2D eigenvalue weighted by Gasteiger charge is -2.33. The van der Waals surface area contributed by atoms with Crippen LogP contribution in [0, 0.1) is 0 Å². The van der Waals surface area contributed by atoms with E-state index < -0.39 is 0 Å². The van der Waals surface area contributed by atoms with E-state index in [0.717, 1.165) is 32.7 Å². The molecule has 0 N–H and O–H groups in total. The van der Waals surface area contributed by atoms with Gasteiger partial charge in [-0.25, -0.2) is 0 Å². The first-order valence-corrected chi connectivity index (χ1v) is 4.72. The van der Waals surface area contributed by atoms with E-state index >= 15 is 0 Å². The Kier molecular flexibility index (Phi) is 4.66. The van der Waals surface area contributed by atoms with E-state index in [2.05, 4.69) is 16.8 Å². The van der Waals surface area contributed by atoms with Crippen molar-refractivity contribution < 1.29 is 9.47 Å². The minimum Gasteiger partial charge on any atom is -0.355 e. The quantitative estimate of drug-likeness (QED) is 0.573. The molecular formula is C9H20N2O2. The molecule has 0 aromatic carbocycles. The van der Waals surface area contributed by atoms with Crippen LogP contribution in [0.2, 0.25) is 0 Å². The Bertz CT molecular complexity index is 132. The van der Waals surface area contributed by atoms with E-state index in [1.807, 2.05) is 0 Å². The van der Waals surface area contributed by atoms with Crippen LogP contribution in [-0.4, -0.2) is 70.1 Å². The maximum atomic E-state index is 5.15. The summed E-state index contributed by atoms with van der Waals surface area (Å²) < 4.78 is 10.3. The van der Waals surface area contributed by atoms with E-state index in [0.29, 0.717) is 0 Å². The Morgan fingerprint density at radius 2 is 1.62 bits per heavy atom. The van der Waals surface area contributed by atoms with Crippen LogP contribution in [0.25, 0.3) is 0 Å². The van der Waals surface area contributed by atoms with Gasteiger partial charge < -0.3 is 14.4 Å². The standard InChI is InChI=1S/C9H20N2O2/c1-10-4-6-11(7-5-10)8-9(12-2)13-3/h9H,4-8H2,1-3H3. The summed E-state index contributed by atoms with van der Waals surface area (Å²) in [6.07, 6.45) is -0.0802. The zero-order valence-corrected chi connectivity index (χ0v) is 8.82. The molecule has 1 fully saturated rings. The molecule has 4 nitrogen and oxygen atoms in total. The molecule has 0 spiro atoms. The lowest BCUT2D eigenvalue weighted by atomic mass is 10.3. The maximum absolute atomic E-state index is 5.15. The van der Waals surface area contributed by atoms with Crippen LogP contribution in [0.4, 0.5) is 0 Å². The summed E-state index contributed by atoms with van der Waals surface area (Å²) in [5.74, 6) is 0. The molecule has 0 radical (unpaired) electrons. The van der Waals surface area contributed by atoms with E-state index in [4.69, 9.17) is 9.47 Å². The average Bonchev–Trinajstić information content (AvgIpc) is 2.17. The van der Waals surface area contributed by atoms with E-state index in [9.17, 15) is 0 Å². The van der Waals surface area contributed by atoms with Crippen molar-refractivity contribution in [2.75, 3.05) is 54.0 Å². The van der Waals surface area contributed by atoms with Crippen molar-refractivity contribution in [1.82, 2.24) is 9.80 Å². The van der Waals surface area contributed by atoms with Crippen molar-refractivity contribution in [3.8, 4) is 0 Å². The number of hydrogen-bond acceptors (Lipinski definition) is 4. The maximum Gasteiger partial charge on any atom is 0.169 e. The van der Waals surface area contributed by atoms with Crippen molar-refractivity contribution in [1.29, 1.82) is 0 Å². The van der Waals surface area contributed by atoms with Crippen molar-refractivity contribution in [3.63, 3.8) is 0 Å². The Balaban J connectivity index is 2.21. The second-order valence-corrected chi connectivity index (χ2v) is 3.50.